The van der Waals surface area contributed by atoms with Crippen molar-refractivity contribution in [3.8, 4) is 5.75 Å². The Hall–Kier alpha value is -3.76. The number of pyridine rings is 1. The molecule has 0 spiro atoms. The first-order valence-electron chi connectivity index (χ1n) is 8.58. The summed E-state index contributed by atoms with van der Waals surface area (Å²) in [6, 6.07) is 8.25. The molecular weight excluding hydrogens is 406 g/mol. The van der Waals surface area contributed by atoms with Crippen molar-refractivity contribution in [2.45, 2.75) is 19.3 Å². The van der Waals surface area contributed by atoms with Crippen LogP contribution in [-0.4, -0.2) is 33.6 Å². The number of halogens is 4. The fourth-order valence-electron chi connectivity index (χ4n) is 2.29. The molecule has 156 valence electrons. The maximum Gasteiger partial charge on any atom is 0.304 e. The Labute approximate surface area is 168 Å². The lowest BCUT2D eigenvalue weighted by Gasteiger charge is -2.14. The lowest BCUT2D eigenvalue weighted by molar-refractivity contribution is -0.0665. The second-order valence-corrected chi connectivity index (χ2v) is 5.87. The van der Waals surface area contributed by atoms with Gasteiger partial charge >= 0.3 is 6.43 Å². The molecule has 0 saturated heterocycles. The highest BCUT2D eigenvalue weighted by atomic mass is 19.3. The van der Waals surface area contributed by atoms with Crippen molar-refractivity contribution >= 4 is 17.5 Å². The van der Waals surface area contributed by atoms with Gasteiger partial charge in [0.1, 0.15) is 22.9 Å². The standard InChI is InChI=1S/C19H15F4N5O2/c20-12-3-1-11(2-4-12)9-26-19-25-8-5-13(28-19)18(29)27-14-10-24-7-6-15(14)30-17(23)16(21)22/h1-8,10,16-17H,9H2,(H,27,29)(H,25,26,28). The van der Waals surface area contributed by atoms with Crippen LogP contribution in [0.15, 0.2) is 55.0 Å². The first-order chi connectivity index (χ1) is 14.4. The van der Waals surface area contributed by atoms with Crippen molar-refractivity contribution in [1.82, 2.24) is 15.0 Å². The third-order valence-electron chi connectivity index (χ3n) is 3.72. The van der Waals surface area contributed by atoms with Gasteiger partial charge in [-0.3, -0.25) is 9.78 Å². The van der Waals surface area contributed by atoms with Gasteiger partial charge in [-0.25, -0.2) is 23.1 Å². The number of ether oxygens (including phenoxy) is 1. The number of anilines is 2. The molecule has 1 amide bonds. The molecule has 30 heavy (non-hydrogen) atoms. The van der Waals surface area contributed by atoms with Gasteiger partial charge in [0.05, 0.1) is 6.20 Å². The summed E-state index contributed by atoms with van der Waals surface area (Å²) in [5, 5.41) is 5.28. The van der Waals surface area contributed by atoms with Crippen LogP contribution < -0.4 is 15.4 Å². The molecule has 7 nitrogen and oxygen atoms in total. The Morgan fingerprint density at radius 1 is 1.07 bits per heavy atom. The van der Waals surface area contributed by atoms with Crippen LogP contribution in [0, 0.1) is 5.82 Å². The predicted octanol–water partition coefficient (Wildman–Crippen LogP) is 3.81. The summed E-state index contributed by atoms with van der Waals surface area (Å²) in [6.45, 7) is 0.289. The minimum atomic E-state index is -3.35. The third-order valence-corrected chi connectivity index (χ3v) is 3.72. The molecule has 0 aliphatic carbocycles. The number of nitrogens with zero attached hydrogens (tertiary/aromatic N) is 3. The number of alkyl halides is 3. The first-order valence-corrected chi connectivity index (χ1v) is 8.58. The first kappa shape index (κ1) is 21.0. The number of carbonyl (C=O) groups excluding carboxylic acids is 1. The average Bonchev–Trinajstić information content (AvgIpc) is 2.74. The van der Waals surface area contributed by atoms with Crippen molar-refractivity contribution in [3.63, 3.8) is 0 Å². The number of amides is 1. The molecule has 0 aliphatic rings. The Kier molecular flexibility index (Phi) is 6.73. The van der Waals surface area contributed by atoms with Crippen molar-refractivity contribution < 1.29 is 27.1 Å². The van der Waals surface area contributed by atoms with Crippen molar-refractivity contribution in [3.05, 3.63) is 72.1 Å². The van der Waals surface area contributed by atoms with E-state index in [1.54, 1.807) is 12.1 Å². The van der Waals surface area contributed by atoms with Crippen LogP contribution >= 0.6 is 0 Å². The van der Waals surface area contributed by atoms with Crippen LogP contribution in [0.5, 0.6) is 5.75 Å². The number of hydrogen-bond donors (Lipinski definition) is 2. The van der Waals surface area contributed by atoms with E-state index in [1.165, 1.54) is 30.6 Å². The van der Waals surface area contributed by atoms with Crippen LogP contribution in [0.25, 0.3) is 0 Å². The Balaban J connectivity index is 1.68. The highest BCUT2D eigenvalue weighted by molar-refractivity contribution is 6.03. The van der Waals surface area contributed by atoms with Gasteiger partial charge in [-0.05, 0) is 23.8 Å². The second-order valence-electron chi connectivity index (χ2n) is 5.87. The summed E-state index contributed by atoms with van der Waals surface area (Å²) in [7, 11) is 0. The Bertz CT molecular complexity index is 1000. The van der Waals surface area contributed by atoms with Gasteiger partial charge in [0, 0.05) is 25.0 Å². The summed E-state index contributed by atoms with van der Waals surface area (Å²) in [5.41, 5.74) is 0.615. The zero-order valence-corrected chi connectivity index (χ0v) is 15.2. The van der Waals surface area contributed by atoms with Crippen molar-refractivity contribution in [2.75, 3.05) is 10.6 Å². The van der Waals surface area contributed by atoms with Gasteiger partial charge in [-0.1, -0.05) is 12.1 Å². The van der Waals surface area contributed by atoms with Gasteiger partial charge in [0.2, 0.25) is 5.95 Å². The fourth-order valence-corrected chi connectivity index (χ4v) is 2.29. The highest BCUT2D eigenvalue weighted by Crippen LogP contribution is 2.26. The largest absolute Gasteiger partial charge is 0.452 e. The van der Waals surface area contributed by atoms with Gasteiger partial charge in [0.15, 0.2) is 0 Å². The van der Waals surface area contributed by atoms with Gasteiger partial charge < -0.3 is 15.4 Å². The molecular formula is C19H15F4N5O2. The number of hydrogen-bond acceptors (Lipinski definition) is 6. The molecule has 1 atom stereocenters. The van der Waals surface area contributed by atoms with Crippen LogP contribution in [0.1, 0.15) is 16.1 Å². The number of rotatable bonds is 8. The third kappa shape index (κ3) is 5.63. The topological polar surface area (TPSA) is 89.0 Å². The molecule has 3 aromatic rings. The summed E-state index contributed by atoms with van der Waals surface area (Å²) in [4.78, 5) is 24.3. The lowest BCUT2D eigenvalue weighted by Crippen LogP contribution is -2.21. The summed E-state index contributed by atoms with van der Waals surface area (Å²) < 4.78 is 55.4. The highest BCUT2D eigenvalue weighted by Gasteiger charge is 2.23. The molecule has 2 aromatic heterocycles. The molecule has 0 radical (unpaired) electrons. The average molecular weight is 421 g/mol. The minimum absolute atomic E-state index is 0.0490. The van der Waals surface area contributed by atoms with Gasteiger partial charge in [-0.15, -0.1) is 0 Å². The molecule has 0 bridgehead atoms. The van der Waals surface area contributed by atoms with Gasteiger partial charge in [0.25, 0.3) is 12.3 Å². The number of nitrogens with one attached hydrogen (secondary N) is 2. The van der Waals surface area contributed by atoms with Crippen LogP contribution in [0.4, 0.5) is 29.2 Å². The maximum atomic E-state index is 13.2. The molecule has 1 aromatic carbocycles. The fraction of sp³-hybridized carbons (Fsp3) is 0.158. The summed E-state index contributed by atoms with van der Waals surface area (Å²) in [6.07, 6.45) is -2.54. The SMILES string of the molecule is O=C(Nc1cnccc1OC(F)C(F)F)c1ccnc(NCc2ccc(F)cc2)n1. The van der Waals surface area contributed by atoms with E-state index in [9.17, 15) is 22.4 Å². The molecule has 3 rings (SSSR count). The van der Waals surface area contributed by atoms with Crippen molar-refractivity contribution in [2.24, 2.45) is 0 Å². The zero-order chi connectivity index (χ0) is 21.5. The Morgan fingerprint density at radius 2 is 1.83 bits per heavy atom. The number of aromatic nitrogens is 3. The van der Waals surface area contributed by atoms with Gasteiger partial charge in [-0.2, -0.15) is 4.39 Å². The van der Waals surface area contributed by atoms with Crippen molar-refractivity contribution in [1.29, 1.82) is 0 Å². The summed E-state index contributed by atoms with van der Waals surface area (Å²) >= 11 is 0. The van der Waals surface area contributed by atoms with E-state index in [0.717, 1.165) is 17.8 Å². The molecule has 0 fully saturated rings. The normalized spacial score (nSPS) is 11.8. The molecule has 2 heterocycles. The van der Waals surface area contributed by atoms with E-state index in [4.69, 9.17) is 0 Å². The molecule has 0 saturated carbocycles. The minimum Gasteiger partial charge on any atom is -0.452 e. The van der Waals surface area contributed by atoms with E-state index >= 15 is 0 Å². The van der Waals surface area contributed by atoms with Crippen LogP contribution in [-0.2, 0) is 6.54 Å². The summed E-state index contributed by atoms with van der Waals surface area (Å²) in [5.74, 6) is -1.25. The molecule has 11 heteroatoms. The van der Waals surface area contributed by atoms with E-state index in [2.05, 4.69) is 30.3 Å². The molecule has 1 unspecified atom stereocenters. The Morgan fingerprint density at radius 3 is 2.57 bits per heavy atom. The smallest absolute Gasteiger partial charge is 0.304 e. The number of carbonyl (C=O) groups is 1. The lowest BCUT2D eigenvalue weighted by atomic mass is 10.2. The molecule has 0 aliphatic heterocycles. The zero-order valence-electron chi connectivity index (χ0n) is 15.2. The van der Waals surface area contributed by atoms with Crippen LogP contribution in [0.2, 0.25) is 0 Å². The monoisotopic (exact) mass is 421 g/mol. The van der Waals surface area contributed by atoms with E-state index in [0.29, 0.717) is 0 Å². The van der Waals surface area contributed by atoms with E-state index < -0.39 is 18.7 Å². The van der Waals surface area contributed by atoms with E-state index in [1.807, 2.05) is 0 Å². The quantitative estimate of drug-likeness (QED) is 0.538. The second kappa shape index (κ2) is 9.63. The maximum absolute atomic E-state index is 13.2. The van der Waals surface area contributed by atoms with E-state index in [-0.39, 0.29) is 35.4 Å². The molecule has 2 N–H and O–H groups in total. The predicted molar refractivity (Wildman–Crippen MR) is 99.5 cm³/mol. The van der Waals surface area contributed by atoms with Crippen LogP contribution in [0.3, 0.4) is 0 Å². The number of benzene rings is 1.